The van der Waals surface area contributed by atoms with Gasteiger partial charge in [-0.1, -0.05) is 0 Å². The molecule has 0 aliphatic rings. The number of nitrogens with two attached hydrogens (primary N) is 1. The van der Waals surface area contributed by atoms with E-state index in [2.05, 4.69) is 4.98 Å². The van der Waals surface area contributed by atoms with Crippen LogP contribution < -0.4 is 10.5 Å². The zero-order valence-electron chi connectivity index (χ0n) is 10.1. The van der Waals surface area contributed by atoms with Gasteiger partial charge >= 0.3 is 0 Å². The molecule has 0 aliphatic heterocycles. The van der Waals surface area contributed by atoms with Crippen LogP contribution in [0, 0.1) is 5.82 Å². The second-order valence-corrected chi connectivity index (χ2v) is 5.17. The molecular formula is C13H15FN2OS. The maximum Gasteiger partial charge on any atom is 0.140 e. The van der Waals surface area contributed by atoms with Gasteiger partial charge in [-0.25, -0.2) is 9.37 Å². The third-order valence-electron chi connectivity index (χ3n) is 2.33. The first-order valence-corrected chi connectivity index (χ1v) is 6.57. The topological polar surface area (TPSA) is 48.1 Å². The summed E-state index contributed by atoms with van der Waals surface area (Å²) in [6, 6.07) is 4.68. The summed E-state index contributed by atoms with van der Waals surface area (Å²) in [6.45, 7) is 2.25. The van der Waals surface area contributed by atoms with Crippen LogP contribution in [0.15, 0.2) is 29.8 Å². The Morgan fingerprint density at radius 1 is 1.44 bits per heavy atom. The third-order valence-corrected chi connectivity index (χ3v) is 3.09. The number of nitrogens with zero attached hydrogens (tertiary/aromatic N) is 1. The highest BCUT2D eigenvalue weighted by Crippen LogP contribution is 2.19. The Bertz CT molecular complexity index is 500. The first-order valence-electron chi connectivity index (χ1n) is 5.69. The summed E-state index contributed by atoms with van der Waals surface area (Å²) in [5.41, 5.74) is 6.55. The molecule has 1 aromatic heterocycles. The molecule has 0 spiro atoms. The van der Waals surface area contributed by atoms with Gasteiger partial charge in [0.15, 0.2) is 0 Å². The van der Waals surface area contributed by atoms with Crippen molar-refractivity contribution < 1.29 is 9.13 Å². The molecule has 2 aromatic rings. The van der Waals surface area contributed by atoms with Crippen LogP contribution in [0.3, 0.4) is 0 Å². The first kappa shape index (κ1) is 13.0. The van der Waals surface area contributed by atoms with Crippen LogP contribution in [-0.4, -0.2) is 11.0 Å². The standard InChI is InChI=1S/C13H15FN2OS/c1-9(15)4-10-5-11(14)7-12(6-10)17-8-13-16-2-3-18-13/h2-3,5-7,9H,4,8,15H2,1H3. The Labute approximate surface area is 109 Å². The highest BCUT2D eigenvalue weighted by atomic mass is 32.1. The quantitative estimate of drug-likeness (QED) is 0.905. The van der Waals surface area contributed by atoms with Crippen LogP contribution >= 0.6 is 11.3 Å². The monoisotopic (exact) mass is 266 g/mol. The van der Waals surface area contributed by atoms with Crippen LogP contribution in [0.25, 0.3) is 0 Å². The fourth-order valence-corrected chi connectivity index (χ4v) is 2.19. The lowest BCUT2D eigenvalue weighted by Gasteiger charge is -2.09. The number of benzene rings is 1. The van der Waals surface area contributed by atoms with Gasteiger partial charge in [-0.05, 0) is 31.0 Å². The molecule has 3 nitrogen and oxygen atoms in total. The summed E-state index contributed by atoms with van der Waals surface area (Å²) < 4.78 is 18.9. The molecule has 1 unspecified atom stereocenters. The van der Waals surface area contributed by atoms with E-state index < -0.39 is 0 Å². The first-order chi connectivity index (χ1) is 8.63. The van der Waals surface area contributed by atoms with E-state index in [0.29, 0.717) is 18.8 Å². The number of ether oxygens (including phenoxy) is 1. The van der Waals surface area contributed by atoms with Gasteiger partial charge in [0.05, 0.1) is 0 Å². The number of thiazole rings is 1. The zero-order valence-corrected chi connectivity index (χ0v) is 10.9. The molecule has 1 atom stereocenters. The van der Waals surface area contributed by atoms with Crippen molar-refractivity contribution in [2.75, 3.05) is 0 Å². The van der Waals surface area contributed by atoms with Crippen LogP contribution in [0.4, 0.5) is 4.39 Å². The normalized spacial score (nSPS) is 12.4. The van der Waals surface area contributed by atoms with Gasteiger partial charge in [0.1, 0.15) is 23.2 Å². The van der Waals surface area contributed by atoms with Crippen LogP contribution in [0.2, 0.25) is 0 Å². The summed E-state index contributed by atoms with van der Waals surface area (Å²) >= 11 is 1.51. The molecule has 96 valence electrons. The Morgan fingerprint density at radius 2 is 2.28 bits per heavy atom. The molecule has 0 aliphatic carbocycles. The lowest BCUT2D eigenvalue weighted by atomic mass is 10.1. The second kappa shape index (κ2) is 5.93. The third kappa shape index (κ3) is 3.78. The molecule has 1 aromatic carbocycles. The molecule has 0 radical (unpaired) electrons. The van der Waals surface area contributed by atoms with Gasteiger partial charge in [-0.2, -0.15) is 0 Å². The van der Waals surface area contributed by atoms with E-state index in [9.17, 15) is 4.39 Å². The maximum atomic E-state index is 13.4. The predicted octanol–water partition coefficient (Wildman–Crippen LogP) is 2.75. The van der Waals surface area contributed by atoms with Gasteiger partial charge in [0.2, 0.25) is 0 Å². The van der Waals surface area contributed by atoms with E-state index in [4.69, 9.17) is 10.5 Å². The van der Waals surface area contributed by atoms with Gasteiger partial charge in [-0.3, -0.25) is 0 Å². The van der Waals surface area contributed by atoms with Gasteiger partial charge in [-0.15, -0.1) is 11.3 Å². The lowest BCUT2D eigenvalue weighted by molar-refractivity contribution is 0.303. The van der Waals surface area contributed by atoms with Gasteiger partial charge in [0.25, 0.3) is 0 Å². The average molecular weight is 266 g/mol. The molecule has 2 rings (SSSR count). The summed E-state index contributed by atoms with van der Waals surface area (Å²) in [5, 5.41) is 2.75. The Kier molecular flexibility index (Phi) is 4.28. The molecule has 0 bridgehead atoms. The molecule has 1 heterocycles. The van der Waals surface area contributed by atoms with Crippen molar-refractivity contribution >= 4 is 11.3 Å². The molecule has 0 saturated heterocycles. The fraction of sp³-hybridized carbons (Fsp3) is 0.308. The van der Waals surface area contributed by atoms with Crippen LogP contribution in [0.1, 0.15) is 17.5 Å². The predicted molar refractivity (Wildman–Crippen MR) is 70.2 cm³/mol. The van der Waals surface area contributed by atoms with Crippen molar-refractivity contribution in [1.29, 1.82) is 0 Å². The van der Waals surface area contributed by atoms with E-state index in [1.54, 1.807) is 6.20 Å². The number of hydrogen-bond acceptors (Lipinski definition) is 4. The lowest BCUT2D eigenvalue weighted by Crippen LogP contribution is -2.17. The summed E-state index contributed by atoms with van der Waals surface area (Å²) in [6.07, 6.45) is 2.35. The summed E-state index contributed by atoms with van der Waals surface area (Å²) in [7, 11) is 0. The number of hydrogen-bond donors (Lipinski definition) is 1. The Hall–Kier alpha value is -1.46. The van der Waals surface area contributed by atoms with Crippen molar-refractivity contribution in [3.63, 3.8) is 0 Å². The van der Waals surface area contributed by atoms with Crippen molar-refractivity contribution in [2.45, 2.75) is 26.0 Å². The fourth-order valence-electron chi connectivity index (χ4n) is 1.66. The molecule has 0 fully saturated rings. The highest BCUT2D eigenvalue weighted by Gasteiger charge is 2.05. The SMILES string of the molecule is CC(N)Cc1cc(F)cc(OCc2nccs2)c1. The molecule has 0 saturated carbocycles. The molecule has 2 N–H and O–H groups in total. The molecular weight excluding hydrogens is 251 g/mol. The summed E-state index contributed by atoms with van der Waals surface area (Å²) in [5.74, 6) is 0.211. The van der Waals surface area contributed by atoms with E-state index >= 15 is 0 Å². The minimum absolute atomic E-state index is 0.00128. The number of aromatic nitrogens is 1. The Morgan fingerprint density at radius 3 is 2.94 bits per heavy atom. The minimum atomic E-state index is -0.303. The zero-order chi connectivity index (χ0) is 13.0. The molecule has 5 heteroatoms. The number of rotatable bonds is 5. The minimum Gasteiger partial charge on any atom is -0.486 e. The summed E-state index contributed by atoms with van der Waals surface area (Å²) in [4.78, 5) is 4.10. The van der Waals surface area contributed by atoms with Gasteiger partial charge in [0, 0.05) is 23.7 Å². The van der Waals surface area contributed by atoms with E-state index in [0.717, 1.165) is 10.6 Å². The van der Waals surface area contributed by atoms with E-state index in [1.807, 2.05) is 18.4 Å². The van der Waals surface area contributed by atoms with E-state index in [-0.39, 0.29) is 11.9 Å². The van der Waals surface area contributed by atoms with Crippen LogP contribution in [0.5, 0.6) is 5.75 Å². The van der Waals surface area contributed by atoms with E-state index in [1.165, 1.54) is 23.5 Å². The van der Waals surface area contributed by atoms with Crippen molar-refractivity contribution in [2.24, 2.45) is 5.73 Å². The van der Waals surface area contributed by atoms with Gasteiger partial charge < -0.3 is 10.5 Å². The van der Waals surface area contributed by atoms with Crippen LogP contribution in [-0.2, 0) is 13.0 Å². The van der Waals surface area contributed by atoms with Crippen molar-refractivity contribution in [1.82, 2.24) is 4.98 Å². The van der Waals surface area contributed by atoms with Crippen molar-refractivity contribution in [3.05, 3.63) is 46.2 Å². The average Bonchev–Trinajstić information content (AvgIpc) is 2.77. The molecule has 18 heavy (non-hydrogen) atoms. The smallest absolute Gasteiger partial charge is 0.140 e. The molecule has 0 amide bonds. The largest absolute Gasteiger partial charge is 0.486 e. The Balaban J connectivity index is 2.05. The number of halogens is 1. The second-order valence-electron chi connectivity index (χ2n) is 4.19. The maximum absolute atomic E-state index is 13.4. The van der Waals surface area contributed by atoms with Crippen molar-refractivity contribution in [3.8, 4) is 5.75 Å². The highest BCUT2D eigenvalue weighted by molar-refractivity contribution is 7.09.